The normalized spacial score (nSPS) is 15.6. The molecule has 1 aliphatic carbocycles. The van der Waals surface area contributed by atoms with Gasteiger partial charge in [0.2, 0.25) is 0 Å². The highest BCUT2D eigenvalue weighted by molar-refractivity contribution is 8.00. The monoisotopic (exact) mass is 733 g/mol. The zero-order valence-electron chi connectivity index (χ0n) is 30.5. The van der Waals surface area contributed by atoms with E-state index in [9.17, 15) is 0 Å². The highest BCUT2D eigenvalue weighted by atomic mass is 32.2. The maximum Gasteiger partial charge on any atom is 0.160 e. The highest BCUT2D eigenvalue weighted by Gasteiger charge is 2.35. The Morgan fingerprint density at radius 1 is 0.464 bits per heavy atom. The summed E-state index contributed by atoms with van der Waals surface area (Å²) in [5, 5.41) is 2.92. The van der Waals surface area contributed by atoms with Crippen LogP contribution in [-0.2, 0) is 0 Å². The molecule has 3 nitrogen and oxygen atoms in total. The molecule has 264 valence electrons. The van der Waals surface area contributed by atoms with Crippen LogP contribution < -0.4 is 0 Å². The SMILES string of the molecule is C1=CC2Sc3ccc4c5ccccc5n(-c5c(-c6ccccc6)cc(-c6cc(-c7ccccc7)nc(-c7ccccc7)n6)cc5-c5ccccc5)c4c3C2C=C1. The molecule has 7 aromatic carbocycles. The summed E-state index contributed by atoms with van der Waals surface area (Å²) in [5.41, 5.74) is 14.5. The molecule has 3 heterocycles. The van der Waals surface area contributed by atoms with Gasteiger partial charge in [0.25, 0.3) is 0 Å². The van der Waals surface area contributed by atoms with Crippen LogP contribution in [0, 0.1) is 0 Å². The molecule has 1 aliphatic heterocycles. The van der Waals surface area contributed by atoms with E-state index in [4.69, 9.17) is 9.97 Å². The standard InChI is InChI=1S/C52H35N3S/c1-5-17-34(18-6-1)42-31-38(45-33-44(36-21-9-3-10-22-36)53-52(54-45)37-23-11-4-12-24-37)32-43(35-19-7-2-8-20-35)50(42)55-46-27-15-13-25-39(46)40-29-30-48-49(51(40)55)41-26-14-16-28-47(41)56-48/h1-33,41,47H. The molecule has 56 heavy (non-hydrogen) atoms. The van der Waals surface area contributed by atoms with E-state index in [0.29, 0.717) is 17.0 Å². The van der Waals surface area contributed by atoms with Crippen molar-refractivity contribution in [1.29, 1.82) is 0 Å². The maximum atomic E-state index is 5.32. The first-order chi connectivity index (χ1) is 27.8. The summed E-state index contributed by atoms with van der Waals surface area (Å²) in [4.78, 5) is 11.8. The van der Waals surface area contributed by atoms with Crippen LogP contribution in [0.1, 0.15) is 11.5 Å². The van der Waals surface area contributed by atoms with Crippen molar-refractivity contribution in [2.45, 2.75) is 16.1 Å². The average Bonchev–Trinajstić information content (AvgIpc) is 3.83. The summed E-state index contributed by atoms with van der Waals surface area (Å²) in [7, 11) is 0. The van der Waals surface area contributed by atoms with Crippen LogP contribution >= 0.6 is 11.8 Å². The highest BCUT2D eigenvalue weighted by Crippen LogP contribution is 2.53. The Balaban J connectivity index is 1.27. The molecule has 2 unspecified atom stereocenters. The van der Waals surface area contributed by atoms with Crippen LogP contribution in [0.2, 0.25) is 0 Å². The third kappa shape index (κ3) is 5.44. The molecule has 2 aliphatic rings. The van der Waals surface area contributed by atoms with Crippen LogP contribution in [0.4, 0.5) is 0 Å². The van der Waals surface area contributed by atoms with Gasteiger partial charge >= 0.3 is 0 Å². The fraction of sp³-hybridized carbons (Fsp3) is 0.0385. The minimum absolute atomic E-state index is 0.292. The van der Waals surface area contributed by atoms with Gasteiger partial charge < -0.3 is 4.57 Å². The Bertz CT molecular complexity index is 2870. The molecule has 0 radical (unpaired) electrons. The van der Waals surface area contributed by atoms with Gasteiger partial charge in [0.1, 0.15) is 0 Å². The second kappa shape index (κ2) is 13.5. The minimum Gasteiger partial charge on any atom is -0.308 e. The number of benzene rings is 7. The van der Waals surface area contributed by atoms with Gasteiger partial charge in [-0.3, -0.25) is 0 Å². The van der Waals surface area contributed by atoms with E-state index in [2.05, 4.69) is 181 Å². The number of allylic oxidation sites excluding steroid dienone is 3. The lowest BCUT2D eigenvalue weighted by molar-refractivity contribution is 0.883. The predicted octanol–water partition coefficient (Wildman–Crippen LogP) is 13.6. The van der Waals surface area contributed by atoms with E-state index in [1.807, 2.05) is 36.0 Å². The fourth-order valence-electron chi connectivity index (χ4n) is 8.60. The fourth-order valence-corrected chi connectivity index (χ4v) is 9.94. The molecule has 2 atom stereocenters. The molecule has 11 rings (SSSR count). The molecule has 0 amide bonds. The molecule has 2 aromatic heterocycles. The van der Waals surface area contributed by atoms with E-state index in [0.717, 1.165) is 56.0 Å². The third-order valence-electron chi connectivity index (χ3n) is 11.1. The van der Waals surface area contributed by atoms with Crippen molar-refractivity contribution in [3.05, 3.63) is 206 Å². The molecule has 4 heteroatoms. The predicted molar refractivity (Wildman–Crippen MR) is 234 cm³/mol. The zero-order valence-corrected chi connectivity index (χ0v) is 31.3. The van der Waals surface area contributed by atoms with Crippen molar-refractivity contribution in [2.75, 3.05) is 0 Å². The maximum absolute atomic E-state index is 5.32. The van der Waals surface area contributed by atoms with Gasteiger partial charge in [-0.1, -0.05) is 170 Å². The van der Waals surface area contributed by atoms with Crippen LogP contribution in [0.25, 0.3) is 83.6 Å². The summed E-state index contributed by atoms with van der Waals surface area (Å²) >= 11 is 1.98. The average molecular weight is 734 g/mol. The second-order valence-corrected chi connectivity index (χ2v) is 15.7. The number of nitrogens with zero attached hydrogens (tertiary/aromatic N) is 3. The van der Waals surface area contributed by atoms with Crippen molar-refractivity contribution >= 4 is 33.6 Å². The molecule has 0 bridgehead atoms. The van der Waals surface area contributed by atoms with Crippen molar-refractivity contribution in [3.8, 4) is 61.8 Å². The number of hydrogen-bond donors (Lipinski definition) is 0. The van der Waals surface area contributed by atoms with Crippen LogP contribution in [0.3, 0.4) is 0 Å². The number of rotatable bonds is 6. The lowest BCUT2D eigenvalue weighted by atomic mass is 9.89. The van der Waals surface area contributed by atoms with Crippen molar-refractivity contribution in [1.82, 2.24) is 14.5 Å². The van der Waals surface area contributed by atoms with Gasteiger partial charge in [0.15, 0.2) is 5.82 Å². The Kier molecular flexibility index (Phi) is 7.89. The molecule has 0 fully saturated rings. The minimum atomic E-state index is 0.292. The van der Waals surface area contributed by atoms with E-state index >= 15 is 0 Å². The summed E-state index contributed by atoms with van der Waals surface area (Å²) in [6.45, 7) is 0. The van der Waals surface area contributed by atoms with Crippen molar-refractivity contribution in [2.24, 2.45) is 0 Å². The molecule has 0 N–H and O–H groups in total. The lowest BCUT2D eigenvalue weighted by Gasteiger charge is -2.23. The number of thioether (sulfide) groups is 1. The Labute approximate surface area is 330 Å². The first-order valence-electron chi connectivity index (χ1n) is 19.2. The van der Waals surface area contributed by atoms with Gasteiger partial charge in [-0.05, 0) is 47.0 Å². The van der Waals surface area contributed by atoms with Gasteiger partial charge in [0, 0.05) is 54.7 Å². The quantitative estimate of drug-likeness (QED) is 0.170. The molecule has 0 saturated heterocycles. The van der Waals surface area contributed by atoms with Crippen molar-refractivity contribution in [3.63, 3.8) is 0 Å². The van der Waals surface area contributed by atoms with E-state index in [1.54, 1.807) is 0 Å². The van der Waals surface area contributed by atoms with Gasteiger partial charge in [0.05, 0.1) is 28.1 Å². The van der Waals surface area contributed by atoms with Crippen LogP contribution in [0.15, 0.2) is 205 Å². The Morgan fingerprint density at radius 2 is 1.02 bits per heavy atom. The topological polar surface area (TPSA) is 30.7 Å². The van der Waals surface area contributed by atoms with E-state index < -0.39 is 0 Å². The van der Waals surface area contributed by atoms with Crippen molar-refractivity contribution < 1.29 is 0 Å². The molecular weight excluding hydrogens is 699 g/mol. The smallest absolute Gasteiger partial charge is 0.160 e. The van der Waals surface area contributed by atoms with E-state index in [1.165, 1.54) is 32.3 Å². The summed E-state index contributed by atoms with van der Waals surface area (Å²) < 4.78 is 2.58. The van der Waals surface area contributed by atoms with Gasteiger partial charge in [-0.25, -0.2) is 9.97 Å². The van der Waals surface area contributed by atoms with Gasteiger partial charge in [-0.2, -0.15) is 0 Å². The number of fused-ring (bicyclic) bond motifs is 7. The first-order valence-corrected chi connectivity index (χ1v) is 20.0. The molecule has 9 aromatic rings. The van der Waals surface area contributed by atoms with E-state index in [-0.39, 0.29) is 0 Å². The summed E-state index contributed by atoms with van der Waals surface area (Å²) in [6, 6.07) is 62.9. The largest absolute Gasteiger partial charge is 0.308 e. The molecule has 0 spiro atoms. The third-order valence-corrected chi connectivity index (χ3v) is 12.5. The van der Waals surface area contributed by atoms with Crippen LogP contribution in [-0.4, -0.2) is 19.8 Å². The number of hydrogen-bond acceptors (Lipinski definition) is 3. The lowest BCUT2D eigenvalue weighted by Crippen LogP contribution is -2.09. The number of para-hydroxylation sites is 1. The second-order valence-electron chi connectivity index (χ2n) is 14.5. The Morgan fingerprint density at radius 3 is 1.68 bits per heavy atom. The summed E-state index contributed by atoms with van der Waals surface area (Å²) in [5.74, 6) is 0.994. The van der Waals surface area contributed by atoms with Gasteiger partial charge in [-0.15, -0.1) is 11.8 Å². The molecular formula is C52H35N3S. The van der Waals surface area contributed by atoms with Crippen LogP contribution in [0.5, 0.6) is 0 Å². The zero-order chi connectivity index (χ0) is 37.0. The summed E-state index contributed by atoms with van der Waals surface area (Å²) in [6.07, 6.45) is 9.18. The Hall–Kier alpha value is -6.75. The molecule has 0 saturated carbocycles. The first kappa shape index (κ1) is 32.7. The number of aromatic nitrogens is 3.